The highest BCUT2D eigenvalue weighted by Gasteiger charge is 2.09. The van der Waals surface area contributed by atoms with Crippen LogP contribution in [0.4, 0.5) is 11.4 Å². The number of nitro groups is 1. The van der Waals surface area contributed by atoms with Gasteiger partial charge in [0.15, 0.2) is 0 Å². The molecule has 0 aliphatic carbocycles. The summed E-state index contributed by atoms with van der Waals surface area (Å²) in [4.78, 5) is 21.9. The van der Waals surface area contributed by atoms with Gasteiger partial charge in [-0.2, -0.15) is 10.4 Å². The van der Waals surface area contributed by atoms with Gasteiger partial charge >= 0.3 is 5.69 Å². The fraction of sp³-hybridized carbons (Fsp3) is 0.267. The summed E-state index contributed by atoms with van der Waals surface area (Å²) >= 11 is 0. The highest BCUT2D eigenvalue weighted by molar-refractivity contribution is 5.90. The zero-order valence-corrected chi connectivity index (χ0v) is 12.3. The van der Waals surface area contributed by atoms with Crippen molar-refractivity contribution < 1.29 is 9.72 Å². The predicted molar refractivity (Wildman–Crippen MR) is 82.5 cm³/mol. The van der Waals surface area contributed by atoms with Crippen LogP contribution in [0.1, 0.15) is 18.4 Å². The molecule has 8 heteroatoms. The van der Waals surface area contributed by atoms with Crippen molar-refractivity contribution in [3.8, 4) is 6.07 Å². The molecule has 118 valence electrons. The van der Waals surface area contributed by atoms with Crippen molar-refractivity contribution in [3.05, 3.63) is 52.3 Å². The van der Waals surface area contributed by atoms with Gasteiger partial charge in [-0.3, -0.25) is 19.6 Å². The summed E-state index contributed by atoms with van der Waals surface area (Å²) in [6, 6.07) is 9.15. The molecule has 1 amide bonds. The van der Waals surface area contributed by atoms with Gasteiger partial charge in [0.2, 0.25) is 5.91 Å². The molecule has 0 aliphatic rings. The molecular weight excluding hydrogens is 298 g/mol. The van der Waals surface area contributed by atoms with Crippen molar-refractivity contribution >= 4 is 17.3 Å². The number of hydrogen-bond acceptors (Lipinski definition) is 5. The Morgan fingerprint density at radius 3 is 2.74 bits per heavy atom. The van der Waals surface area contributed by atoms with Crippen molar-refractivity contribution in [1.82, 2.24) is 9.78 Å². The maximum absolute atomic E-state index is 11.8. The Kier molecular flexibility index (Phi) is 5.41. The van der Waals surface area contributed by atoms with Crippen molar-refractivity contribution in [1.29, 1.82) is 5.26 Å². The second-order valence-electron chi connectivity index (χ2n) is 4.90. The third kappa shape index (κ3) is 4.93. The van der Waals surface area contributed by atoms with Crippen LogP contribution in [0.25, 0.3) is 0 Å². The van der Waals surface area contributed by atoms with Crippen molar-refractivity contribution in [2.75, 3.05) is 5.32 Å². The first-order valence-corrected chi connectivity index (χ1v) is 7.01. The minimum atomic E-state index is -0.508. The van der Waals surface area contributed by atoms with Crippen LogP contribution < -0.4 is 5.32 Å². The van der Waals surface area contributed by atoms with E-state index in [1.807, 2.05) is 0 Å². The summed E-state index contributed by atoms with van der Waals surface area (Å²) in [5, 5.41) is 25.8. The highest BCUT2D eigenvalue weighted by atomic mass is 16.6. The molecule has 0 saturated carbocycles. The molecule has 2 rings (SSSR count). The number of carbonyl (C=O) groups is 1. The van der Waals surface area contributed by atoms with Gasteiger partial charge in [0.25, 0.3) is 0 Å². The van der Waals surface area contributed by atoms with E-state index in [4.69, 9.17) is 5.26 Å². The fourth-order valence-electron chi connectivity index (χ4n) is 1.99. The molecule has 1 aromatic carbocycles. The van der Waals surface area contributed by atoms with Gasteiger partial charge in [0, 0.05) is 18.7 Å². The highest BCUT2D eigenvalue weighted by Crippen LogP contribution is 2.11. The van der Waals surface area contributed by atoms with Crippen LogP contribution in [0.15, 0.2) is 36.7 Å². The van der Waals surface area contributed by atoms with E-state index >= 15 is 0 Å². The standard InChI is InChI=1S/C15H15N5O3/c16-8-7-12-3-5-13(6-4-12)18-15(21)2-1-9-19-11-14(10-17-19)20(22)23/h3-6,10-11H,1-2,7,9H2,(H,18,21). The number of carbonyl (C=O) groups excluding carboxylic acids is 1. The second-order valence-corrected chi connectivity index (χ2v) is 4.90. The van der Waals surface area contributed by atoms with Crippen LogP contribution in [-0.2, 0) is 17.8 Å². The van der Waals surface area contributed by atoms with Crippen molar-refractivity contribution in [2.45, 2.75) is 25.8 Å². The van der Waals surface area contributed by atoms with Gasteiger partial charge in [-0.25, -0.2) is 0 Å². The van der Waals surface area contributed by atoms with Gasteiger partial charge < -0.3 is 5.32 Å². The van der Waals surface area contributed by atoms with Gasteiger partial charge in [-0.05, 0) is 24.1 Å². The van der Waals surface area contributed by atoms with E-state index in [1.54, 1.807) is 24.3 Å². The average molecular weight is 313 g/mol. The first kappa shape index (κ1) is 16.2. The number of anilines is 1. The van der Waals surface area contributed by atoms with Gasteiger partial charge in [0.1, 0.15) is 12.4 Å². The fourth-order valence-corrected chi connectivity index (χ4v) is 1.99. The summed E-state index contributed by atoms with van der Waals surface area (Å²) < 4.78 is 1.45. The number of benzene rings is 1. The predicted octanol–water partition coefficient (Wildman–Crippen LogP) is 2.28. The summed E-state index contributed by atoms with van der Waals surface area (Å²) in [7, 11) is 0. The summed E-state index contributed by atoms with van der Waals surface area (Å²) in [5.41, 5.74) is 1.50. The summed E-state index contributed by atoms with van der Waals surface area (Å²) in [6.45, 7) is 0.433. The van der Waals surface area contributed by atoms with E-state index in [2.05, 4.69) is 16.5 Å². The molecule has 2 aromatic rings. The third-order valence-corrected chi connectivity index (χ3v) is 3.14. The lowest BCUT2D eigenvalue weighted by atomic mass is 10.1. The largest absolute Gasteiger partial charge is 0.326 e. The van der Waals surface area contributed by atoms with Crippen LogP contribution in [-0.4, -0.2) is 20.6 Å². The van der Waals surface area contributed by atoms with Gasteiger partial charge in [-0.15, -0.1) is 0 Å². The Bertz CT molecular complexity index is 730. The molecule has 0 fully saturated rings. The van der Waals surface area contributed by atoms with E-state index < -0.39 is 4.92 Å². The lowest BCUT2D eigenvalue weighted by Crippen LogP contribution is -2.12. The summed E-state index contributed by atoms with van der Waals surface area (Å²) in [6.07, 6.45) is 3.67. The Labute approximate surface area is 132 Å². The Morgan fingerprint density at radius 1 is 1.39 bits per heavy atom. The van der Waals surface area contributed by atoms with E-state index in [-0.39, 0.29) is 18.0 Å². The monoisotopic (exact) mass is 313 g/mol. The van der Waals surface area contributed by atoms with E-state index in [1.165, 1.54) is 17.1 Å². The smallest absolute Gasteiger partial charge is 0.306 e. The van der Waals surface area contributed by atoms with E-state index in [0.29, 0.717) is 25.1 Å². The van der Waals surface area contributed by atoms with Crippen LogP contribution in [0.3, 0.4) is 0 Å². The molecule has 23 heavy (non-hydrogen) atoms. The molecule has 0 unspecified atom stereocenters. The number of nitriles is 1. The molecule has 0 saturated heterocycles. The number of nitrogens with one attached hydrogen (secondary N) is 1. The Hall–Kier alpha value is -3.21. The van der Waals surface area contributed by atoms with Crippen LogP contribution in [0.2, 0.25) is 0 Å². The van der Waals surface area contributed by atoms with E-state index in [0.717, 1.165) is 5.56 Å². The molecule has 0 radical (unpaired) electrons. The van der Waals surface area contributed by atoms with Crippen LogP contribution in [0.5, 0.6) is 0 Å². The molecule has 8 nitrogen and oxygen atoms in total. The van der Waals surface area contributed by atoms with E-state index in [9.17, 15) is 14.9 Å². The topological polar surface area (TPSA) is 114 Å². The molecule has 1 N–H and O–H groups in total. The normalized spacial score (nSPS) is 10.0. The third-order valence-electron chi connectivity index (χ3n) is 3.14. The average Bonchev–Trinajstić information content (AvgIpc) is 2.99. The van der Waals surface area contributed by atoms with Crippen LogP contribution in [0, 0.1) is 21.4 Å². The lowest BCUT2D eigenvalue weighted by Gasteiger charge is -2.06. The Morgan fingerprint density at radius 2 is 2.13 bits per heavy atom. The lowest BCUT2D eigenvalue weighted by molar-refractivity contribution is -0.385. The zero-order valence-electron chi connectivity index (χ0n) is 12.3. The SMILES string of the molecule is N#CCc1ccc(NC(=O)CCCn2cc([N+](=O)[O-])cn2)cc1. The molecule has 0 atom stereocenters. The number of nitrogens with zero attached hydrogens (tertiary/aromatic N) is 4. The number of amides is 1. The first-order chi connectivity index (χ1) is 11.1. The number of aryl methyl sites for hydroxylation is 1. The molecule has 1 aromatic heterocycles. The molecular formula is C15H15N5O3. The van der Waals surface area contributed by atoms with Crippen LogP contribution >= 0.6 is 0 Å². The van der Waals surface area contributed by atoms with Gasteiger partial charge in [0.05, 0.1) is 17.4 Å². The maximum Gasteiger partial charge on any atom is 0.306 e. The van der Waals surface area contributed by atoms with Gasteiger partial charge in [-0.1, -0.05) is 12.1 Å². The molecule has 0 aliphatic heterocycles. The number of hydrogen-bond donors (Lipinski definition) is 1. The first-order valence-electron chi connectivity index (χ1n) is 7.01. The zero-order chi connectivity index (χ0) is 16.7. The summed E-state index contributed by atoms with van der Waals surface area (Å²) in [5.74, 6) is -0.139. The van der Waals surface area contributed by atoms with Crippen molar-refractivity contribution in [2.24, 2.45) is 0 Å². The number of rotatable bonds is 7. The molecule has 0 bridgehead atoms. The minimum absolute atomic E-state index is 0.0630. The quantitative estimate of drug-likeness (QED) is 0.622. The maximum atomic E-state index is 11.8. The number of aromatic nitrogens is 2. The minimum Gasteiger partial charge on any atom is -0.326 e. The van der Waals surface area contributed by atoms with Crippen molar-refractivity contribution in [3.63, 3.8) is 0 Å². The second kappa shape index (κ2) is 7.70. The molecule has 1 heterocycles. The Balaban J connectivity index is 1.76. The molecule has 0 spiro atoms.